The average molecular weight is 525 g/mol. The van der Waals surface area contributed by atoms with Gasteiger partial charge in [-0.3, -0.25) is 9.52 Å². The van der Waals surface area contributed by atoms with E-state index in [2.05, 4.69) is 9.71 Å². The van der Waals surface area contributed by atoms with E-state index in [4.69, 9.17) is 5.11 Å². The van der Waals surface area contributed by atoms with E-state index < -0.39 is 39.3 Å². The lowest BCUT2D eigenvalue weighted by Crippen LogP contribution is -2.36. The summed E-state index contributed by atoms with van der Waals surface area (Å²) >= 11 is 0. The minimum atomic E-state index is -5.01. The SMILES string of the molecule is N#Cc1cc(C(=O)O)c(C(F)(F)F)nc1N1CCC(CCC(=O)NS(=O)(=O)Cc2ccccc2)CC1. The first kappa shape index (κ1) is 26.9. The maximum Gasteiger partial charge on any atom is 0.434 e. The van der Waals surface area contributed by atoms with Crippen molar-refractivity contribution in [2.24, 2.45) is 5.92 Å². The molecule has 0 radical (unpaired) electrons. The number of carbonyl (C=O) groups excluding carboxylic acids is 1. The van der Waals surface area contributed by atoms with Crippen LogP contribution in [0, 0.1) is 17.2 Å². The number of rotatable bonds is 8. The van der Waals surface area contributed by atoms with Crippen molar-refractivity contribution >= 4 is 27.7 Å². The van der Waals surface area contributed by atoms with Crippen LogP contribution < -0.4 is 9.62 Å². The van der Waals surface area contributed by atoms with Crippen LogP contribution in [0.3, 0.4) is 0 Å². The second-order valence-electron chi connectivity index (χ2n) is 8.41. The number of aromatic carboxylic acids is 1. The smallest absolute Gasteiger partial charge is 0.434 e. The molecule has 3 rings (SSSR count). The largest absolute Gasteiger partial charge is 0.478 e. The molecule has 0 saturated carbocycles. The number of anilines is 1. The van der Waals surface area contributed by atoms with Crippen LogP contribution in [0.4, 0.5) is 19.0 Å². The summed E-state index contributed by atoms with van der Waals surface area (Å²) in [5, 5.41) is 18.4. The van der Waals surface area contributed by atoms with Crippen molar-refractivity contribution in [1.29, 1.82) is 5.26 Å². The summed E-state index contributed by atoms with van der Waals surface area (Å²) in [5.41, 5.74) is -2.40. The first-order valence-corrected chi connectivity index (χ1v) is 12.6. The van der Waals surface area contributed by atoms with Crippen LogP contribution in [-0.4, -0.2) is 43.5 Å². The van der Waals surface area contributed by atoms with Gasteiger partial charge in [0.15, 0.2) is 5.69 Å². The average Bonchev–Trinajstić information content (AvgIpc) is 2.81. The Kier molecular flexibility index (Phi) is 8.19. The van der Waals surface area contributed by atoms with E-state index in [9.17, 15) is 36.4 Å². The third-order valence-corrected chi connectivity index (χ3v) is 7.04. The van der Waals surface area contributed by atoms with Gasteiger partial charge < -0.3 is 10.0 Å². The molecular formula is C23H23F3N4O5S. The molecule has 13 heteroatoms. The highest BCUT2D eigenvalue weighted by Crippen LogP contribution is 2.35. The molecule has 1 aromatic heterocycles. The first-order valence-electron chi connectivity index (χ1n) is 11.0. The molecule has 1 aromatic carbocycles. The number of amides is 1. The van der Waals surface area contributed by atoms with Crippen LogP contribution in [-0.2, 0) is 26.7 Å². The Morgan fingerprint density at radius 3 is 2.39 bits per heavy atom. The normalized spacial score (nSPS) is 14.8. The van der Waals surface area contributed by atoms with E-state index in [1.165, 1.54) is 4.90 Å². The Labute approximate surface area is 205 Å². The molecule has 0 unspecified atom stereocenters. The highest BCUT2D eigenvalue weighted by Gasteiger charge is 2.39. The number of aromatic nitrogens is 1. The first-order chi connectivity index (χ1) is 16.9. The van der Waals surface area contributed by atoms with Crippen LogP contribution in [0.5, 0.6) is 0 Å². The zero-order valence-electron chi connectivity index (χ0n) is 19.0. The van der Waals surface area contributed by atoms with Crippen LogP contribution in [0.15, 0.2) is 36.4 Å². The molecule has 36 heavy (non-hydrogen) atoms. The maximum absolute atomic E-state index is 13.4. The van der Waals surface area contributed by atoms with Gasteiger partial charge in [-0.2, -0.15) is 18.4 Å². The third kappa shape index (κ3) is 6.94. The fourth-order valence-corrected chi connectivity index (χ4v) is 5.18. The lowest BCUT2D eigenvalue weighted by atomic mass is 9.92. The molecule has 0 bridgehead atoms. The zero-order valence-corrected chi connectivity index (χ0v) is 19.8. The predicted octanol–water partition coefficient (Wildman–Crippen LogP) is 3.31. The van der Waals surface area contributed by atoms with E-state index in [0.717, 1.165) is 0 Å². The molecule has 0 atom stereocenters. The van der Waals surface area contributed by atoms with Gasteiger partial charge >= 0.3 is 12.1 Å². The number of carbonyl (C=O) groups is 2. The van der Waals surface area contributed by atoms with Crippen molar-refractivity contribution in [3.63, 3.8) is 0 Å². The van der Waals surface area contributed by atoms with E-state index in [-0.39, 0.29) is 42.6 Å². The predicted molar refractivity (Wildman–Crippen MR) is 122 cm³/mol. The van der Waals surface area contributed by atoms with Gasteiger partial charge in [-0.25, -0.2) is 18.2 Å². The van der Waals surface area contributed by atoms with Crippen LogP contribution in [0.1, 0.15) is 52.9 Å². The van der Waals surface area contributed by atoms with Crippen molar-refractivity contribution in [1.82, 2.24) is 9.71 Å². The zero-order chi connectivity index (χ0) is 26.5. The van der Waals surface area contributed by atoms with Gasteiger partial charge in [0.05, 0.1) is 16.9 Å². The van der Waals surface area contributed by atoms with E-state index in [1.54, 1.807) is 36.4 Å². The quantitative estimate of drug-likeness (QED) is 0.536. The Hall–Kier alpha value is -3.66. The van der Waals surface area contributed by atoms with E-state index in [0.29, 0.717) is 30.9 Å². The highest BCUT2D eigenvalue weighted by molar-refractivity contribution is 7.89. The lowest BCUT2D eigenvalue weighted by Gasteiger charge is -2.33. The van der Waals surface area contributed by atoms with E-state index >= 15 is 0 Å². The van der Waals surface area contributed by atoms with Crippen LogP contribution in [0.2, 0.25) is 0 Å². The Morgan fingerprint density at radius 2 is 1.83 bits per heavy atom. The second-order valence-corrected chi connectivity index (χ2v) is 10.1. The molecule has 1 amide bonds. The maximum atomic E-state index is 13.4. The fourth-order valence-electron chi connectivity index (χ4n) is 4.03. The molecule has 2 heterocycles. The number of sulfonamides is 1. The van der Waals surface area contributed by atoms with Gasteiger partial charge in [0.1, 0.15) is 11.9 Å². The number of benzene rings is 1. The number of carboxylic acids is 1. The summed E-state index contributed by atoms with van der Waals surface area (Å²) in [4.78, 5) is 28.4. The second kappa shape index (κ2) is 10.9. The van der Waals surface area contributed by atoms with Crippen molar-refractivity contribution in [3.05, 3.63) is 58.8 Å². The number of piperidine rings is 1. The Bertz CT molecular complexity index is 1270. The number of nitrogens with one attached hydrogen (secondary N) is 1. The highest BCUT2D eigenvalue weighted by atomic mass is 32.2. The van der Waals surface area contributed by atoms with Crippen molar-refractivity contribution in [2.45, 2.75) is 37.6 Å². The van der Waals surface area contributed by atoms with Gasteiger partial charge in [0.25, 0.3) is 0 Å². The van der Waals surface area contributed by atoms with Gasteiger partial charge in [-0.05, 0) is 36.8 Å². The minimum absolute atomic E-state index is 0.00902. The number of carboxylic acid groups (broad SMARTS) is 1. The lowest BCUT2D eigenvalue weighted by molar-refractivity contribution is -0.141. The van der Waals surface area contributed by atoms with Gasteiger partial charge in [0.2, 0.25) is 15.9 Å². The van der Waals surface area contributed by atoms with Gasteiger partial charge in [0, 0.05) is 19.5 Å². The number of hydrogen-bond donors (Lipinski definition) is 2. The molecule has 1 saturated heterocycles. The van der Waals surface area contributed by atoms with Crippen LogP contribution in [0.25, 0.3) is 0 Å². The number of nitriles is 1. The number of halogens is 3. The van der Waals surface area contributed by atoms with Crippen LogP contribution >= 0.6 is 0 Å². The summed E-state index contributed by atoms with van der Waals surface area (Å²) in [7, 11) is -3.85. The summed E-state index contributed by atoms with van der Waals surface area (Å²) in [5.74, 6) is -3.03. The monoisotopic (exact) mass is 524 g/mol. The van der Waals surface area contributed by atoms with E-state index in [1.807, 2.05) is 0 Å². The standard InChI is InChI=1S/C23H23F3N4O5S/c24-23(25,26)20-18(22(32)33)12-17(13-27)21(28-20)30-10-8-15(9-11-30)6-7-19(31)29-36(34,35)14-16-4-2-1-3-5-16/h1-5,12,15H,6-11,14H2,(H,29,31)(H,32,33). The molecule has 192 valence electrons. The summed E-state index contributed by atoms with van der Waals surface area (Å²) in [6.45, 7) is 0.480. The Morgan fingerprint density at radius 1 is 1.19 bits per heavy atom. The molecule has 1 aliphatic heterocycles. The Balaban J connectivity index is 1.58. The topological polar surface area (TPSA) is 140 Å². The van der Waals surface area contributed by atoms with Gasteiger partial charge in [-0.1, -0.05) is 30.3 Å². The van der Waals surface area contributed by atoms with Gasteiger partial charge in [-0.15, -0.1) is 0 Å². The molecule has 0 spiro atoms. The number of pyridine rings is 1. The van der Waals surface area contributed by atoms with Crippen molar-refractivity contribution in [2.75, 3.05) is 18.0 Å². The number of alkyl halides is 3. The molecule has 1 fully saturated rings. The fraction of sp³-hybridized carbons (Fsp3) is 0.391. The molecular weight excluding hydrogens is 501 g/mol. The third-order valence-electron chi connectivity index (χ3n) is 5.78. The summed E-state index contributed by atoms with van der Waals surface area (Å²) in [6.07, 6.45) is -3.73. The summed E-state index contributed by atoms with van der Waals surface area (Å²) < 4.78 is 66.5. The summed E-state index contributed by atoms with van der Waals surface area (Å²) in [6, 6.07) is 10.8. The molecule has 2 N–H and O–H groups in total. The molecule has 0 aliphatic carbocycles. The van der Waals surface area contributed by atoms with Crippen molar-refractivity contribution in [3.8, 4) is 6.07 Å². The molecule has 9 nitrogen and oxygen atoms in total. The molecule has 2 aromatic rings. The number of hydrogen-bond acceptors (Lipinski definition) is 7. The number of nitrogens with zero attached hydrogens (tertiary/aromatic N) is 3. The van der Waals surface area contributed by atoms with Crippen molar-refractivity contribution < 1.29 is 36.3 Å². The minimum Gasteiger partial charge on any atom is -0.478 e. The molecule has 1 aliphatic rings.